The lowest BCUT2D eigenvalue weighted by molar-refractivity contribution is -0.145. The predicted octanol–water partition coefficient (Wildman–Crippen LogP) is 3.16. The van der Waals surface area contributed by atoms with E-state index in [1.807, 2.05) is 6.92 Å². The zero-order valence-corrected chi connectivity index (χ0v) is 13.4. The molecule has 0 fully saturated rings. The third-order valence-electron chi connectivity index (χ3n) is 3.43. The number of methoxy groups -OCH3 is 1. The van der Waals surface area contributed by atoms with Crippen molar-refractivity contribution in [3.63, 3.8) is 0 Å². The second kappa shape index (κ2) is 8.55. The third kappa shape index (κ3) is 4.71. The maximum atomic E-state index is 13.8. The zero-order valence-electron chi connectivity index (χ0n) is 13.4. The number of hydrogen-bond donors (Lipinski definition) is 0. The first kappa shape index (κ1) is 19.0. The Morgan fingerprint density at radius 2 is 1.87 bits per heavy atom. The Labute approximate surface area is 133 Å². The lowest BCUT2D eigenvalue weighted by Gasteiger charge is -2.25. The summed E-state index contributed by atoms with van der Waals surface area (Å²) in [6.45, 7) is 3.75. The number of rotatable bonds is 7. The SMILES string of the molecule is CCCCN(CC(C)C(=O)OC)C(=O)c1ccc(F)c(F)c1F. The van der Waals surface area contributed by atoms with E-state index in [4.69, 9.17) is 0 Å². The van der Waals surface area contributed by atoms with Crippen molar-refractivity contribution in [2.24, 2.45) is 5.92 Å². The molecule has 4 nitrogen and oxygen atoms in total. The number of carbonyl (C=O) groups excluding carboxylic acids is 2. The fourth-order valence-electron chi connectivity index (χ4n) is 2.09. The first-order chi connectivity index (χ1) is 10.8. The van der Waals surface area contributed by atoms with Crippen molar-refractivity contribution in [3.05, 3.63) is 35.1 Å². The van der Waals surface area contributed by atoms with Crippen LogP contribution in [0.25, 0.3) is 0 Å². The van der Waals surface area contributed by atoms with Crippen LogP contribution < -0.4 is 0 Å². The molecule has 0 saturated heterocycles. The summed E-state index contributed by atoms with van der Waals surface area (Å²) in [5.74, 6) is -6.48. The van der Waals surface area contributed by atoms with E-state index in [0.29, 0.717) is 12.5 Å². The Kier molecular flexibility index (Phi) is 7.06. The molecule has 0 aliphatic rings. The van der Waals surface area contributed by atoms with Crippen LogP contribution in [0.2, 0.25) is 0 Å². The molecule has 0 aliphatic heterocycles. The Bertz CT molecular complexity index is 578. The van der Waals surface area contributed by atoms with Crippen molar-refractivity contribution in [1.82, 2.24) is 4.90 Å². The fraction of sp³-hybridized carbons (Fsp3) is 0.500. The second-order valence-electron chi connectivity index (χ2n) is 5.25. The highest BCUT2D eigenvalue weighted by Gasteiger charge is 2.26. The van der Waals surface area contributed by atoms with Crippen molar-refractivity contribution in [1.29, 1.82) is 0 Å². The van der Waals surface area contributed by atoms with E-state index < -0.39 is 40.8 Å². The minimum atomic E-state index is -1.69. The topological polar surface area (TPSA) is 46.6 Å². The molecule has 1 rings (SSSR count). The van der Waals surface area contributed by atoms with Gasteiger partial charge < -0.3 is 9.64 Å². The molecule has 0 spiro atoms. The largest absolute Gasteiger partial charge is 0.469 e. The summed E-state index contributed by atoms with van der Waals surface area (Å²) < 4.78 is 44.7. The molecule has 0 bridgehead atoms. The van der Waals surface area contributed by atoms with Crippen molar-refractivity contribution in [2.45, 2.75) is 26.7 Å². The van der Waals surface area contributed by atoms with Crippen molar-refractivity contribution >= 4 is 11.9 Å². The summed E-state index contributed by atoms with van der Waals surface area (Å²) in [5, 5.41) is 0. The van der Waals surface area contributed by atoms with Gasteiger partial charge in [0.1, 0.15) is 0 Å². The highest BCUT2D eigenvalue weighted by Crippen LogP contribution is 2.18. The van der Waals surface area contributed by atoms with E-state index in [9.17, 15) is 22.8 Å². The van der Waals surface area contributed by atoms with Crippen molar-refractivity contribution in [3.8, 4) is 0 Å². The minimum Gasteiger partial charge on any atom is -0.469 e. The van der Waals surface area contributed by atoms with Crippen LogP contribution in [-0.2, 0) is 9.53 Å². The molecule has 1 aromatic rings. The molecule has 1 atom stereocenters. The first-order valence-electron chi connectivity index (χ1n) is 7.34. The Balaban J connectivity index is 3.04. The number of nitrogens with zero attached hydrogens (tertiary/aromatic N) is 1. The molecule has 0 N–H and O–H groups in total. The summed E-state index contributed by atoms with van der Waals surface area (Å²) in [4.78, 5) is 25.2. The molecule has 1 unspecified atom stereocenters. The summed E-state index contributed by atoms with van der Waals surface area (Å²) in [5.41, 5.74) is -0.558. The van der Waals surface area contributed by atoms with E-state index in [0.717, 1.165) is 12.5 Å². The van der Waals surface area contributed by atoms with Gasteiger partial charge in [-0.25, -0.2) is 13.2 Å². The Morgan fingerprint density at radius 3 is 2.43 bits per heavy atom. The first-order valence-corrected chi connectivity index (χ1v) is 7.34. The number of unbranched alkanes of at least 4 members (excludes halogenated alkanes) is 1. The molecule has 0 aromatic heterocycles. The molecule has 1 aromatic carbocycles. The van der Waals surface area contributed by atoms with Gasteiger partial charge in [0.05, 0.1) is 18.6 Å². The van der Waals surface area contributed by atoms with E-state index in [1.165, 1.54) is 12.0 Å². The molecule has 0 saturated carbocycles. The standard InChI is InChI=1S/C16H20F3NO3/c1-4-5-8-20(9-10(2)16(22)23-3)15(21)11-6-7-12(17)14(19)13(11)18/h6-7,10H,4-5,8-9H2,1-3H3. The van der Waals surface area contributed by atoms with Crippen LogP contribution in [0.1, 0.15) is 37.0 Å². The van der Waals surface area contributed by atoms with Crippen LogP contribution in [0.15, 0.2) is 12.1 Å². The fourth-order valence-corrected chi connectivity index (χ4v) is 2.09. The quantitative estimate of drug-likeness (QED) is 0.569. The lowest BCUT2D eigenvalue weighted by Crippen LogP contribution is -2.38. The molecule has 128 valence electrons. The summed E-state index contributed by atoms with van der Waals surface area (Å²) in [6.07, 6.45) is 1.40. The van der Waals surface area contributed by atoms with Gasteiger partial charge in [-0.3, -0.25) is 9.59 Å². The second-order valence-corrected chi connectivity index (χ2v) is 5.25. The molecule has 0 radical (unpaired) electrons. The lowest BCUT2D eigenvalue weighted by atomic mass is 10.1. The Hall–Kier alpha value is -2.05. The van der Waals surface area contributed by atoms with Gasteiger partial charge >= 0.3 is 5.97 Å². The minimum absolute atomic E-state index is 0.00391. The average molecular weight is 331 g/mol. The van der Waals surface area contributed by atoms with Crippen LogP contribution >= 0.6 is 0 Å². The van der Waals surface area contributed by atoms with Gasteiger partial charge in [-0.05, 0) is 18.6 Å². The van der Waals surface area contributed by atoms with Crippen LogP contribution in [0.4, 0.5) is 13.2 Å². The smallest absolute Gasteiger partial charge is 0.310 e. The van der Waals surface area contributed by atoms with Crippen LogP contribution in [0.3, 0.4) is 0 Å². The molecular weight excluding hydrogens is 311 g/mol. The molecule has 7 heteroatoms. The highest BCUT2D eigenvalue weighted by atomic mass is 19.2. The third-order valence-corrected chi connectivity index (χ3v) is 3.43. The Morgan fingerprint density at radius 1 is 1.22 bits per heavy atom. The molecular formula is C16H20F3NO3. The van der Waals surface area contributed by atoms with Gasteiger partial charge in [0.2, 0.25) is 0 Å². The highest BCUT2D eigenvalue weighted by molar-refractivity contribution is 5.94. The zero-order chi connectivity index (χ0) is 17.6. The van der Waals surface area contributed by atoms with E-state index >= 15 is 0 Å². The number of amides is 1. The number of benzene rings is 1. The predicted molar refractivity (Wildman–Crippen MR) is 78.3 cm³/mol. The van der Waals surface area contributed by atoms with Gasteiger partial charge in [0.25, 0.3) is 5.91 Å². The number of carbonyl (C=O) groups is 2. The van der Waals surface area contributed by atoms with Gasteiger partial charge in [-0.1, -0.05) is 20.3 Å². The number of hydrogen-bond acceptors (Lipinski definition) is 3. The maximum Gasteiger partial charge on any atom is 0.310 e. The summed E-state index contributed by atoms with van der Waals surface area (Å²) in [7, 11) is 1.23. The number of ether oxygens (including phenoxy) is 1. The summed E-state index contributed by atoms with van der Waals surface area (Å²) >= 11 is 0. The van der Waals surface area contributed by atoms with Gasteiger partial charge in [0.15, 0.2) is 17.5 Å². The van der Waals surface area contributed by atoms with Crippen LogP contribution in [0, 0.1) is 23.4 Å². The van der Waals surface area contributed by atoms with Gasteiger partial charge in [0, 0.05) is 13.1 Å². The van der Waals surface area contributed by atoms with E-state index in [2.05, 4.69) is 4.74 Å². The van der Waals surface area contributed by atoms with E-state index in [-0.39, 0.29) is 13.1 Å². The monoisotopic (exact) mass is 331 g/mol. The molecule has 0 heterocycles. The normalized spacial score (nSPS) is 11.9. The number of esters is 1. The van der Waals surface area contributed by atoms with Crippen molar-refractivity contribution in [2.75, 3.05) is 20.2 Å². The number of halogens is 3. The van der Waals surface area contributed by atoms with Crippen LogP contribution in [-0.4, -0.2) is 37.0 Å². The molecule has 1 amide bonds. The van der Waals surface area contributed by atoms with Gasteiger partial charge in [-0.15, -0.1) is 0 Å². The van der Waals surface area contributed by atoms with E-state index in [1.54, 1.807) is 6.92 Å². The summed E-state index contributed by atoms with van der Waals surface area (Å²) in [6, 6.07) is 1.60. The van der Waals surface area contributed by atoms with Crippen molar-refractivity contribution < 1.29 is 27.5 Å². The van der Waals surface area contributed by atoms with Gasteiger partial charge in [-0.2, -0.15) is 0 Å². The molecule has 23 heavy (non-hydrogen) atoms. The molecule has 0 aliphatic carbocycles. The maximum absolute atomic E-state index is 13.8. The average Bonchev–Trinajstić information content (AvgIpc) is 2.54. The van der Waals surface area contributed by atoms with Crippen LogP contribution in [0.5, 0.6) is 0 Å².